The second kappa shape index (κ2) is 10.6. The number of thioether (sulfide) groups is 1. The molecule has 0 aromatic heterocycles. The van der Waals surface area contributed by atoms with E-state index in [1.54, 1.807) is 54.2 Å². The summed E-state index contributed by atoms with van der Waals surface area (Å²) in [5.74, 6) is 0.518. The minimum atomic E-state index is -3.75. The van der Waals surface area contributed by atoms with Crippen molar-refractivity contribution in [3.05, 3.63) is 120 Å². The lowest BCUT2D eigenvalue weighted by atomic mass is 10.1. The number of benzene rings is 4. The van der Waals surface area contributed by atoms with Crippen molar-refractivity contribution in [2.75, 3.05) is 10.0 Å². The van der Waals surface area contributed by atoms with E-state index in [-0.39, 0.29) is 10.8 Å². The monoisotopic (exact) mass is 488 g/mol. The van der Waals surface area contributed by atoms with Gasteiger partial charge in [0.25, 0.3) is 15.9 Å². The third-order valence-corrected chi connectivity index (χ3v) is 7.55. The number of aryl methyl sites for hydroxylation is 1. The number of carbonyl (C=O) groups excluding carboxylic acids is 1. The topological polar surface area (TPSA) is 75.3 Å². The number of hydrogen-bond acceptors (Lipinski definition) is 4. The molecule has 4 aromatic rings. The number of hydrogen-bond donors (Lipinski definition) is 2. The number of carbonyl (C=O) groups is 1. The Labute approximate surface area is 204 Å². The van der Waals surface area contributed by atoms with E-state index >= 15 is 0 Å². The summed E-state index contributed by atoms with van der Waals surface area (Å²) in [4.78, 5) is 14.1. The molecule has 0 aliphatic rings. The van der Waals surface area contributed by atoms with E-state index in [1.165, 1.54) is 11.0 Å². The average Bonchev–Trinajstić information content (AvgIpc) is 2.84. The second-order valence-corrected chi connectivity index (χ2v) is 10.5. The third-order valence-electron chi connectivity index (χ3n) is 5.07. The number of sulfonamides is 1. The minimum Gasteiger partial charge on any atom is -0.322 e. The highest BCUT2D eigenvalue weighted by molar-refractivity contribution is 7.98. The van der Waals surface area contributed by atoms with Gasteiger partial charge in [-0.05, 0) is 67.1 Å². The van der Waals surface area contributed by atoms with Gasteiger partial charge in [-0.1, -0.05) is 54.1 Å². The van der Waals surface area contributed by atoms with Crippen LogP contribution in [0.5, 0.6) is 0 Å². The SMILES string of the molecule is Cc1ccc(S(=O)(=O)Nc2cccc(C(=O)Nc3ccc(CSc4ccccc4)cc3)c2)cc1. The van der Waals surface area contributed by atoms with Crippen molar-refractivity contribution < 1.29 is 13.2 Å². The van der Waals surface area contributed by atoms with Crippen LogP contribution in [0.3, 0.4) is 0 Å². The van der Waals surface area contributed by atoms with Gasteiger partial charge in [0, 0.05) is 27.6 Å². The Morgan fingerprint density at radius 2 is 1.50 bits per heavy atom. The fraction of sp³-hybridized carbons (Fsp3) is 0.0741. The molecule has 0 saturated carbocycles. The van der Waals surface area contributed by atoms with Gasteiger partial charge in [0.05, 0.1) is 4.90 Å². The van der Waals surface area contributed by atoms with Crippen LogP contribution in [-0.4, -0.2) is 14.3 Å². The number of anilines is 2. The Hall–Kier alpha value is -3.55. The molecular formula is C27H24N2O3S2. The van der Waals surface area contributed by atoms with Crippen LogP contribution < -0.4 is 10.0 Å². The predicted octanol–water partition coefficient (Wildman–Crippen LogP) is 6.34. The van der Waals surface area contributed by atoms with Gasteiger partial charge in [-0.3, -0.25) is 9.52 Å². The summed E-state index contributed by atoms with van der Waals surface area (Å²) in [5, 5.41) is 2.86. The highest BCUT2D eigenvalue weighted by Gasteiger charge is 2.15. The summed E-state index contributed by atoms with van der Waals surface area (Å²) in [6, 6.07) is 30.9. The fourth-order valence-corrected chi connectivity index (χ4v) is 5.15. The molecule has 0 spiro atoms. The van der Waals surface area contributed by atoms with Crippen molar-refractivity contribution in [1.29, 1.82) is 0 Å². The van der Waals surface area contributed by atoms with Crippen LogP contribution in [0.1, 0.15) is 21.5 Å². The fourth-order valence-electron chi connectivity index (χ4n) is 3.23. The Morgan fingerprint density at radius 1 is 0.794 bits per heavy atom. The maximum atomic E-state index is 12.7. The van der Waals surface area contributed by atoms with Crippen LogP contribution in [-0.2, 0) is 15.8 Å². The molecule has 34 heavy (non-hydrogen) atoms. The van der Waals surface area contributed by atoms with Crippen LogP contribution in [0.4, 0.5) is 11.4 Å². The molecule has 0 aliphatic heterocycles. The Morgan fingerprint density at radius 3 is 2.21 bits per heavy atom. The lowest BCUT2D eigenvalue weighted by molar-refractivity contribution is 0.102. The van der Waals surface area contributed by atoms with E-state index in [4.69, 9.17) is 0 Å². The van der Waals surface area contributed by atoms with Gasteiger partial charge in [0.2, 0.25) is 0 Å². The molecule has 5 nitrogen and oxygen atoms in total. The maximum absolute atomic E-state index is 12.7. The highest BCUT2D eigenvalue weighted by Crippen LogP contribution is 2.23. The first-order chi connectivity index (χ1) is 16.4. The molecular weight excluding hydrogens is 464 g/mol. The summed E-state index contributed by atoms with van der Waals surface area (Å²) < 4.78 is 27.8. The van der Waals surface area contributed by atoms with E-state index in [1.807, 2.05) is 49.4 Å². The predicted molar refractivity (Wildman–Crippen MR) is 139 cm³/mol. The molecule has 4 aromatic carbocycles. The van der Waals surface area contributed by atoms with Crippen molar-refractivity contribution in [2.45, 2.75) is 22.5 Å². The molecule has 172 valence electrons. The molecule has 2 N–H and O–H groups in total. The van der Waals surface area contributed by atoms with Crippen LogP contribution in [0.2, 0.25) is 0 Å². The molecule has 0 saturated heterocycles. The van der Waals surface area contributed by atoms with Crippen LogP contribution in [0.25, 0.3) is 0 Å². The minimum absolute atomic E-state index is 0.165. The van der Waals surface area contributed by atoms with Gasteiger partial charge in [0.15, 0.2) is 0 Å². The molecule has 7 heteroatoms. The summed E-state index contributed by atoms with van der Waals surface area (Å²) in [7, 11) is -3.75. The van der Waals surface area contributed by atoms with Crippen LogP contribution in [0, 0.1) is 6.92 Å². The largest absolute Gasteiger partial charge is 0.322 e. The van der Waals surface area contributed by atoms with Crippen molar-refractivity contribution >= 4 is 39.1 Å². The molecule has 0 aliphatic carbocycles. The third kappa shape index (κ3) is 6.27. The first kappa shape index (κ1) is 23.6. The molecule has 1 amide bonds. The van der Waals surface area contributed by atoms with E-state index < -0.39 is 10.0 Å². The summed E-state index contributed by atoms with van der Waals surface area (Å²) in [5.41, 5.74) is 3.47. The van der Waals surface area contributed by atoms with Gasteiger partial charge in [0.1, 0.15) is 0 Å². The summed E-state index contributed by atoms with van der Waals surface area (Å²) in [6.07, 6.45) is 0. The molecule has 0 heterocycles. The zero-order valence-electron chi connectivity index (χ0n) is 18.6. The van der Waals surface area contributed by atoms with Crippen LogP contribution >= 0.6 is 11.8 Å². The number of nitrogens with one attached hydrogen (secondary N) is 2. The molecule has 0 unspecified atom stereocenters. The van der Waals surface area contributed by atoms with Crippen molar-refractivity contribution in [2.24, 2.45) is 0 Å². The first-order valence-corrected chi connectivity index (χ1v) is 13.1. The van der Waals surface area contributed by atoms with Crippen molar-refractivity contribution in [3.63, 3.8) is 0 Å². The summed E-state index contributed by atoms with van der Waals surface area (Å²) >= 11 is 1.75. The molecule has 0 radical (unpaired) electrons. The highest BCUT2D eigenvalue weighted by atomic mass is 32.2. The quantitative estimate of drug-likeness (QED) is 0.284. The molecule has 4 rings (SSSR count). The number of amides is 1. The smallest absolute Gasteiger partial charge is 0.261 e. The summed E-state index contributed by atoms with van der Waals surface area (Å²) in [6.45, 7) is 1.89. The van der Waals surface area contributed by atoms with Gasteiger partial charge in [-0.25, -0.2) is 8.42 Å². The van der Waals surface area contributed by atoms with Gasteiger partial charge >= 0.3 is 0 Å². The van der Waals surface area contributed by atoms with Gasteiger partial charge < -0.3 is 5.32 Å². The molecule has 0 atom stereocenters. The second-order valence-electron chi connectivity index (χ2n) is 7.75. The molecule has 0 fully saturated rings. The van der Waals surface area contributed by atoms with Crippen molar-refractivity contribution in [3.8, 4) is 0 Å². The maximum Gasteiger partial charge on any atom is 0.261 e. The Bertz CT molecular complexity index is 1370. The average molecular weight is 489 g/mol. The van der Waals surface area contributed by atoms with Crippen molar-refractivity contribution in [1.82, 2.24) is 0 Å². The zero-order valence-corrected chi connectivity index (χ0v) is 20.2. The van der Waals surface area contributed by atoms with Gasteiger partial charge in [-0.2, -0.15) is 0 Å². The normalized spacial score (nSPS) is 11.1. The Balaban J connectivity index is 1.38. The van der Waals surface area contributed by atoms with E-state index in [2.05, 4.69) is 22.2 Å². The van der Waals surface area contributed by atoms with E-state index in [0.717, 1.165) is 16.9 Å². The lowest BCUT2D eigenvalue weighted by Crippen LogP contribution is -2.15. The van der Waals surface area contributed by atoms with Gasteiger partial charge in [-0.15, -0.1) is 11.8 Å². The Kier molecular flexibility index (Phi) is 7.35. The van der Waals surface area contributed by atoms with Crippen LogP contribution in [0.15, 0.2) is 113 Å². The van der Waals surface area contributed by atoms with E-state index in [9.17, 15) is 13.2 Å². The lowest BCUT2D eigenvalue weighted by Gasteiger charge is -2.11. The molecule has 0 bridgehead atoms. The number of rotatable bonds is 8. The van der Waals surface area contributed by atoms with E-state index in [0.29, 0.717) is 16.9 Å². The first-order valence-electron chi connectivity index (χ1n) is 10.7. The standard InChI is InChI=1S/C27H24N2O3S2/c1-20-10-16-26(17-11-20)34(31,32)29-24-7-5-6-22(18-24)27(30)28-23-14-12-21(13-15-23)19-33-25-8-3-2-4-9-25/h2-18,29H,19H2,1H3,(H,28,30). The zero-order chi connectivity index (χ0) is 24.0.